The number of benzene rings is 1. The predicted octanol–water partition coefficient (Wildman–Crippen LogP) is 3.76. The summed E-state index contributed by atoms with van der Waals surface area (Å²) >= 11 is 3.52. The maximum absolute atomic E-state index is 13.8. The standard InChI is InChI=1S/C12H12BrF2NOS/c13-9-4-3-5-10(8-9)18-12(14,15)11(17)16-6-1-2-7-16/h3-5,8H,1-2,6-7H2. The number of likely N-dealkylation sites (tertiary alicyclic amines) is 1. The third kappa shape index (κ3) is 3.23. The number of amides is 1. The summed E-state index contributed by atoms with van der Waals surface area (Å²) in [6.07, 6.45) is 1.62. The fourth-order valence-corrected chi connectivity index (χ4v) is 3.22. The van der Waals surface area contributed by atoms with Crippen LogP contribution in [-0.4, -0.2) is 29.2 Å². The molecule has 0 spiro atoms. The second kappa shape index (κ2) is 5.57. The molecule has 0 aromatic heterocycles. The summed E-state index contributed by atoms with van der Waals surface area (Å²) in [5.74, 6) is -1.08. The lowest BCUT2D eigenvalue weighted by atomic mass is 10.4. The summed E-state index contributed by atoms with van der Waals surface area (Å²) in [6, 6.07) is 6.57. The van der Waals surface area contributed by atoms with Crippen molar-refractivity contribution in [3.8, 4) is 0 Å². The number of thioether (sulfide) groups is 1. The minimum absolute atomic E-state index is 0.300. The van der Waals surface area contributed by atoms with Crippen molar-refractivity contribution in [2.24, 2.45) is 0 Å². The molecule has 1 amide bonds. The summed E-state index contributed by atoms with van der Waals surface area (Å²) in [6.45, 7) is 0.876. The summed E-state index contributed by atoms with van der Waals surface area (Å²) in [4.78, 5) is 13.3. The maximum atomic E-state index is 13.8. The van der Waals surface area contributed by atoms with Crippen LogP contribution in [0.2, 0.25) is 0 Å². The number of rotatable bonds is 3. The monoisotopic (exact) mass is 335 g/mol. The Labute approximate surface area is 117 Å². The smallest absolute Gasteiger partial charge is 0.337 e. The first-order valence-electron chi connectivity index (χ1n) is 5.61. The molecule has 6 heteroatoms. The highest BCUT2D eigenvalue weighted by atomic mass is 79.9. The van der Waals surface area contributed by atoms with E-state index in [1.807, 2.05) is 0 Å². The lowest BCUT2D eigenvalue weighted by Crippen LogP contribution is -2.39. The fraction of sp³-hybridized carbons (Fsp3) is 0.417. The highest BCUT2D eigenvalue weighted by molar-refractivity contribution is 9.10. The molecule has 1 aromatic carbocycles. The Morgan fingerprint density at radius 1 is 1.33 bits per heavy atom. The molecule has 18 heavy (non-hydrogen) atoms. The molecule has 0 saturated carbocycles. The quantitative estimate of drug-likeness (QED) is 0.784. The Morgan fingerprint density at radius 3 is 2.61 bits per heavy atom. The van der Waals surface area contributed by atoms with Crippen LogP contribution < -0.4 is 0 Å². The molecule has 1 fully saturated rings. The highest BCUT2D eigenvalue weighted by Crippen LogP contribution is 2.38. The number of hydrogen-bond acceptors (Lipinski definition) is 2. The minimum Gasteiger partial charge on any atom is -0.337 e. The SMILES string of the molecule is O=C(N1CCCC1)C(F)(F)Sc1cccc(Br)c1. The van der Waals surface area contributed by atoms with Gasteiger partial charge in [0.05, 0.1) is 0 Å². The van der Waals surface area contributed by atoms with Crippen LogP contribution in [0.25, 0.3) is 0 Å². The maximum Gasteiger partial charge on any atom is 0.375 e. The van der Waals surface area contributed by atoms with Crippen LogP contribution >= 0.6 is 27.7 Å². The molecule has 2 rings (SSSR count). The molecule has 1 aliphatic heterocycles. The molecule has 1 saturated heterocycles. The van der Waals surface area contributed by atoms with Gasteiger partial charge in [0.15, 0.2) is 0 Å². The summed E-state index contributed by atoms with van der Waals surface area (Å²) in [5, 5.41) is -3.40. The van der Waals surface area contributed by atoms with E-state index in [9.17, 15) is 13.6 Å². The second-order valence-corrected chi connectivity index (χ2v) is 6.18. The Hall–Kier alpha value is -0.620. The van der Waals surface area contributed by atoms with E-state index in [0.717, 1.165) is 17.3 Å². The van der Waals surface area contributed by atoms with Crippen molar-refractivity contribution in [1.29, 1.82) is 0 Å². The number of carbonyl (C=O) groups is 1. The van der Waals surface area contributed by atoms with Crippen molar-refractivity contribution in [3.05, 3.63) is 28.7 Å². The van der Waals surface area contributed by atoms with Gasteiger partial charge in [0, 0.05) is 22.5 Å². The molecule has 2 nitrogen and oxygen atoms in total. The molecule has 1 aromatic rings. The lowest BCUT2D eigenvalue weighted by molar-refractivity contribution is -0.145. The molecule has 0 bridgehead atoms. The first-order chi connectivity index (χ1) is 8.49. The average Bonchev–Trinajstić information content (AvgIpc) is 2.80. The van der Waals surface area contributed by atoms with Crippen molar-refractivity contribution in [3.63, 3.8) is 0 Å². The van der Waals surface area contributed by atoms with E-state index in [4.69, 9.17) is 0 Å². The van der Waals surface area contributed by atoms with Gasteiger partial charge in [0.2, 0.25) is 0 Å². The fourth-order valence-electron chi connectivity index (χ4n) is 1.83. The number of hydrogen-bond donors (Lipinski definition) is 0. The van der Waals surface area contributed by atoms with Gasteiger partial charge in [-0.1, -0.05) is 22.0 Å². The molecule has 0 unspecified atom stereocenters. The molecule has 0 atom stereocenters. The molecule has 1 heterocycles. The number of alkyl halides is 2. The average molecular weight is 336 g/mol. The Kier molecular flexibility index (Phi) is 4.27. The predicted molar refractivity (Wildman–Crippen MR) is 70.8 cm³/mol. The van der Waals surface area contributed by atoms with Crippen LogP contribution in [0.4, 0.5) is 8.78 Å². The van der Waals surface area contributed by atoms with Crippen molar-refractivity contribution >= 4 is 33.6 Å². The van der Waals surface area contributed by atoms with E-state index in [0.29, 0.717) is 29.7 Å². The van der Waals surface area contributed by atoms with Gasteiger partial charge in [-0.3, -0.25) is 4.79 Å². The van der Waals surface area contributed by atoms with Crippen molar-refractivity contribution < 1.29 is 13.6 Å². The lowest BCUT2D eigenvalue weighted by Gasteiger charge is -2.22. The number of carbonyl (C=O) groups excluding carboxylic acids is 1. The molecular weight excluding hydrogens is 324 g/mol. The third-order valence-corrected chi connectivity index (χ3v) is 4.10. The van der Waals surface area contributed by atoms with E-state index < -0.39 is 11.2 Å². The topological polar surface area (TPSA) is 20.3 Å². The van der Waals surface area contributed by atoms with E-state index >= 15 is 0 Å². The van der Waals surface area contributed by atoms with Gasteiger partial charge in [0.25, 0.3) is 0 Å². The highest BCUT2D eigenvalue weighted by Gasteiger charge is 2.43. The first-order valence-corrected chi connectivity index (χ1v) is 7.22. The van der Waals surface area contributed by atoms with Crippen molar-refractivity contribution in [1.82, 2.24) is 4.90 Å². The van der Waals surface area contributed by atoms with E-state index in [1.54, 1.807) is 24.3 Å². The van der Waals surface area contributed by atoms with Gasteiger partial charge in [-0.2, -0.15) is 8.78 Å². The van der Waals surface area contributed by atoms with E-state index in [2.05, 4.69) is 15.9 Å². The van der Waals surface area contributed by atoms with Crippen LogP contribution in [-0.2, 0) is 4.79 Å². The van der Waals surface area contributed by atoms with Gasteiger partial charge < -0.3 is 4.90 Å². The Bertz CT molecular complexity index is 449. The zero-order valence-electron chi connectivity index (χ0n) is 9.54. The number of nitrogens with zero attached hydrogens (tertiary/aromatic N) is 1. The van der Waals surface area contributed by atoms with Gasteiger partial charge in [-0.15, -0.1) is 0 Å². The summed E-state index contributed by atoms with van der Waals surface area (Å²) in [5.41, 5.74) is 0. The van der Waals surface area contributed by atoms with Crippen LogP contribution in [0.5, 0.6) is 0 Å². The minimum atomic E-state index is -3.40. The Balaban J connectivity index is 2.08. The molecule has 0 N–H and O–H groups in total. The Morgan fingerprint density at radius 2 is 2.00 bits per heavy atom. The molecule has 98 valence electrons. The molecule has 0 aliphatic carbocycles. The van der Waals surface area contributed by atoms with Crippen LogP contribution in [0.15, 0.2) is 33.6 Å². The van der Waals surface area contributed by atoms with Gasteiger partial charge in [-0.25, -0.2) is 0 Å². The summed E-state index contributed by atoms with van der Waals surface area (Å²) in [7, 11) is 0. The molecular formula is C12H12BrF2NOS. The first kappa shape index (κ1) is 13.8. The second-order valence-electron chi connectivity index (χ2n) is 4.08. The van der Waals surface area contributed by atoms with Gasteiger partial charge >= 0.3 is 11.2 Å². The van der Waals surface area contributed by atoms with E-state index in [-0.39, 0.29) is 0 Å². The zero-order chi connectivity index (χ0) is 13.2. The van der Waals surface area contributed by atoms with Crippen molar-refractivity contribution in [2.45, 2.75) is 23.0 Å². The number of halogens is 3. The normalized spacial score (nSPS) is 16.1. The van der Waals surface area contributed by atoms with Gasteiger partial charge in [-0.05, 0) is 42.8 Å². The molecule has 1 aliphatic rings. The largest absolute Gasteiger partial charge is 0.375 e. The summed E-state index contributed by atoms with van der Waals surface area (Å²) < 4.78 is 28.4. The zero-order valence-corrected chi connectivity index (χ0v) is 11.9. The van der Waals surface area contributed by atoms with E-state index in [1.165, 1.54) is 4.90 Å². The van der Waals surface area contributed by atoms with Crippen LogP contribution in [0.1, 0.15) is 12.8 Å². The third-order valence-electron chi connectivity index (χ3n) is 2.68. The van der Waals surface area contributed by atoms with Crippen molar-refractivity contribution in [2.75, 3.05) is 13.1 Å². The van der Waals surface area contributed by atoms with Gasteiger partial charge in [0.1, 0.15) is 0 Å². The van der Waals surface area contributed by atoms with Crippen LogP contribution in [0.3, 0.4) is 0 Å². The van der Waals surface area contributed by atoms with Crippen LogP contribution in [0, 0.1) is 0 Å². The molecule has 0 radical (unpaired) electrons.